The van der Waals surface area contributed by atoms with Crippen LogP contribution in [0.3, 0.4) is 0 Å². The zero-order chi connectivity index (χ0) is 20.4. The third-order valence-electron chi connectivity index (χ3n) is 6.18. The molecule has 4 aromatic heterocycles. The Morgan fingerprint density at radius 1 is 0.710 bits per heavy atom. The van der Waals surface area contributed by atoms with Gasteiger partial charge in [-0.15, -0.1) is 0 Å². The van der Waals surface area contributed by atoms with Crippen molar-refractivity contribution in [2.45, 2.75) is 6.54 Å². The number of pyridine rings is 2. The van der Waals surface area contributed by atoms with Gasteiger partial charge in [-0.3, -0.25) is 9.97 Å². The van der Waals surface area contributed by atoms with Crippen LogP contribution in [0.1, 0.15) is 5.56 Å². The van der Waals surface area contributed by atoms with Gasteiger partial charge >= 0.3 is 0 Å². The highest BCUT2D eigenvalue weighted by Crippen LogP contribution is 2.38. The second-order valence-corrected chi connectivity index (χ2v) is 7.85. The summed E-state index contributed by atoms with van der Waals surface area (Å²) in [5, 5.41) is 1.19. The summed E-state index contributed by atoms with van der Waals surface area (Å²) in [6.45, 7) is 0.820. The van der Waals surface area contributed by atoms with Gasteiger partial charge in [0.15, 0.2) is 5.52 Å². The Morgan fingerprint density at radius 2 is 1.39 bits per heavy atom. The van der Waals surface area contributed by atoms with Crippen molar-refractivity contribution in [3.05, 3.63) is 103 Å². The maximum absolute atomic E-state index is 4.46. The molecule has 0 unspecified atom stereocenters. The van der Waals surface area contributed by atoms with E-state index in [4.69, 9.17) is 0 Å². The zero-order valence-corrected chi connectivity index (χ0v) is 16.7. The minimum Gasteiger partial charge on any atom is -0.264 e. The fourth-order valence-corrected chi connectivity index (χ4v) is 4.92. The smallest absolute Gasteiger partial charge is 0.264 e. The second kappa shape index (κ2) is 6.12. The van der Waals surface area contributed by atoms with Gasteiger partial charge in [-0.1, -0.05) is 36.4 Å². The number of fused-ring (bicyclic) bond motifs is 7. The van der Waals surface area contributed by atoms with Gasteiger partial charge < -0.3 is 0 Å². The van der Waals surface area contributed by atoms with E-state index in [2.05, 4.69) is 96.5 Å². The molecule has 6 aromatic rings. The molecule has 7 rings (SSSR count). The largest absolute Gasteiger partial charge is 0.275 e. The Bertz CT molecular complexity index is 1590. The highest BCUT2D eigenvalue weighted by atomic mass is 15.3. The molecule has 0 radical (unpaired) electrons. The topological polar surface area (TPSA) is 39.5 Å². The first-order chi connectivity index (χ1) is 15.4. The summed E-state index contributed by atoms with van der Waals surface area (Å²) < 4.78 is 7.13. The van der Waals surface area contributed by atoms with Crippen LogP contribution in [-0.4, -0.2) is 19.1 Å². The molecule has 0 fully saturated rings. The molecule has 0 N–H and O–H groups in total. The van der Waals surface area contributed by atoms with Crippen molar-refractivity contribution in [3.8, 4) is 22.8 Å². The number of imidazole rings is 1. The van der Waals surface area contributed by atoms with E-state index in [1.54, 1.807) is 0 Å². The van der Waals surface area contributed by atoms with E-state index >= 15 is 0 Å². The standard InChI is InChI=1S/C26H18N5/c1-3-7-19(8-4-1)30-23-16-28-14-12-21(23)24-26(30)29-17-18-11-13-27-15-22(18)25(29)31(24)20-9-5-2-6-10-20/h1-16H,17H2/q+1. The lowest BCUT2D eigenvalue weighted by atomic mass is 10.1. The highest BCUT2D eigenvalue weighted by molar-refractivity contribution is 6.06. The van der Waals surface area contributed by atoms with Crippen LogP contribution in [0.5, 0.6) is 0 Å². The average molecular weight is 400 g/mol. The van der Waals surface area contributed by atoms with Gasteiger partial charge in [0.1, 0.15) is 16.9 Å². The molecule has 31 heavy (non-hydrogen) atoms. The molecule has 146 valence electrons. The summed E-state index contributed by atoms with van der Waals surface area (Å²) in [5.41, 5.74) is 8.21. The summed E-state index contributed by atoms with van der Waals surface area (Å²) in [4.78, 5) is 8.90. The second-order valence-electron chi connectivity index (χ2n) is 7.85. The molecule has 2 aromatic carbocycles. The first-order valence-corrected chi connectivity index (χ1v) is 10.4. The Morgan fingerprint density at radius 3 is 2.16 bits per heavy atom. The first kappa shape index (κ1) is 16.5. The summed E-state index contributed by atoms with van der Waals surface area (Å²) >= 11 is 0. The van der Waals surface area contributed by atoms with Crippen molar-refractivity contribution >= 4 is 22.1 Å². The normalized spacial score (nSPS) is 12.4. The van der Waals surface area contributed by atoms with Crippen LogP contribution in [0, 0.1) is 0 Å². The van der Waals surface area contributed by atoms with Crippen LogP contribution in [0.4, 0.5) is 0 Å². The van der Waals surface area contributed by atoms with Crippen molar-refractivity contribution in [1.82, 2.24) is 19.1 Å². The van der Waals surface area contributed by atoms with Crippen molar-refractivity contribution in [1.29, 1.82) is 0 Å². The fourth-order valence-electron chi connectivity index (χ4n) is 4.92. The molecule has 5 heterocycles. The van der Waals surface area contributed by atoms with E-state index in [1.165, 1.54) is 33.5 Å². The van der Waals surface area contributed by atoms with Gasteiger partial charge in [-0.05, 0) is 36.4 Å². The summed E-state index contributed by atoms with van der Waals surface area (Å²) in [7, 11) is 0. The van der Waals surface area contributed by atoms with E-state index in [9.17, 15) is 0 Å². The third-order valence-corrected chi connectivity index (χ3v) is 6.18. The third kappa shape index (κ3) is 2.17. The van der Waals surface area contributed by atoms with Crippen LogP contribution in [-0.2, 0) is 6.54 Å². The van der Waals surface area contributed by atoms with Crippen molar-refractivity contribution in [3.63, 3.8) is 0 Å². The van der Waals surface area contributed by atoms with E-state index in [0.29, 0.717) is 0 Å². The number of rotatable bonds is 2. The number of nitrogens with zero attached hydrogens (tertiary/aromatic N) is 5. The predicted molar refractivity (Wildman–Crippen MR) is 120 cm³/mol. The lowest BCUT2D eigenvalue weighted by Gasteiger charge is -2.04. The Labute approximate surface area is 178 Å². The minimum absolute atomic E-state index is 0.820. The lowest BCUT2D eigenvalue weighted by Crippen LogP contribution is -2.33. The van der Waals surface area contributed by atoms with Gasteiger partial charge in [-0.2, -0.15) is 0 Å². The zero-order valence-electron chi connectivity index (χ0n) is 16.7. The summed E-state index contributed by atoms with van der Waals surface area (Å²) in [5.74, 6) is 1.17. The van der Waals surface area contributed by atoms with Crippen LogP contribution >= 0.6 is 0 Å². The Kier molecular flexibility index (Phi) is 3.27. The van der Waals surface area contributed by atoms with Gasteiger partial charge in [-0.25, -0.2) is 13.7 Å². The maximum Gasteiger partial charge on any atom is 0.275 e. The van der Waals surface area contributed by atoms with E-state index in [1.807, 2.05) is 24.8 Å². The van der Waals surface area contributed by atoms with E-state index in [0.717, 1.165) is 23.4 Å². The van der Waals surface area contributed by atoms with Crippen molar-refractivity contribution < 1.29 is 4.57 Å². The quantitative estimate of drug-likeness (QED) is 0.395. The molecule has 0 bridgehead atoms. The predicted octanol–water partition coefficient (Wildman–Crippen LogP) is 4.68. The first-order valence-electron chi connectivity index (χ1n) is 10.4. The molecule has 1 aliphatic rings. The van der Waals surface area contributed by atoms with Gasteiger partial charge in [0.05, 0.1) is 23.7 Å². The molecule has 0 atom stereocenters. The molecule has 1 aliphatic heterocycles. The lowest BCUT2D eigenvalue weighted by molar-refractivity contribution is -0.648. The van der Waals surface area contributed by atoms with Crippen molar-refractivity contribution in [2.75, 3.05) is 0 Å². The summed E-state index contributed by atoms with van der Waals surface area (Å²) in [6, 6.07) is 25.4. The van der Waals surface area contributed by atoms with Gasteiger partial charge in [0, 0.05) is 24.2 Å². The van der Waals surface area contributed by atoms with Crippen LogP contribution < -0.4 is 4.57 Å². The number of aromatic nitrogens is 5. The molecule has 0 aliphatic carbocycles. The number of para-hydroxylation sites is 2. The monoisotopic (exact) mass is 400 g/mol. The summed E-state index contributed by atoms with van der Waals surface area (Å²) in [6.07, 6.45) is 7.72. The molecule has 0 saturated carbocycles. The molecule has 0 saturated heterocycles. The highest BCUT2D eigenvalue weighted by Gasteiger charge is 2.37. The number of hydrogen-bond acceptors (Lipinski definition) is 2. The Balaban J connectivity index is 1.73. The Hall–Kier alpha value is -4.25. The molecule has 0 amide bonds. The molecular weight excluding hydrogens is 382 g/mol. The average Bonchev–Trinajstić information content (AvgIpc) is 3.47. The van der Waals surface area contributed by atoms with Crippen molar-refractivity contribution in [2.24, 2.45) is 0 Å². The number of hydrogen-bond donors (Lipinski definition) is 0. The molecule has 0 spiro atoms. The van der Waals surface area contributed by atoms with E-state index < -0.39 is 0 Å². The minimum atomic E-state index is 0.820. The van der Waals surface area contributed by atoms with Crippen LogP contribution in [0.25, 0.3) is 44.8 Å². The fraction of sp³-hybridized carbons (Fsp3) is 0.0385. The molecule has 5 nitrogen and oxygen atoms in total. The van der Waals surface area contributed by atoms with Crippen LogP contribution in [0.2, 0.25) is 0 Å². The van der Waals surface area contributed by atoms with Crippen LogP contribution in [0.15, 0.2) is 97.6 Å². The number of benzene rings is 2. The molecule has 5 heteroatoms. The SMILES string of the molecule is c1ccc(-n2c3[n+](c4c2c2ccncc2n4-c2ccccc2)Cc2ccncc2-3)cc1. The van der Waals surface area contributed by atoms with Gasteiger partial charge in [0.25, 0.3) is 5.65 Å². The van der Waals surface area contributed by atoms with E-state index in [-0.39, 0.29) is 0 Å². The molecular formula is C26H18N5+. The maximum atomic E-state index is 4.46. The van der Waals surface area contributed by atoms with Gasteiger partial charge in [0.2, 0.25) is 5.82 Å².